The summed E-state index contributed by atoms with van der Waals surface area (Å²) in [4.78, 5) is 15.4. The molecule has 0 saturated carbocycles. The van der Waals surface area contributed by atoms with Crippen LogP contribution >= 0.6 is 0 Å². The molecule has 3 rings (SSSR count). The Morgan fingerprint density at radius 3 is 2.66 bits per heavy atom. The van der Waals surface area contributed by atoms with E-state index in [0.717, 1.165) is 10.9 Å². The molecule has 3 aromatic rings. The summed E-state index contributed by atoms with van der Waals surface area (Å²) < 4.78 is 32.4. The number of fused-ring (bicyclic) bond motifs is 1. The molecule has 148 valence electrons. The molecule has 0 fully saturated rings. The lowest BCUT2D eigenvalue weighted by Crippen LogP contribution is -2.24. The molecule has 0 aliphatic heterocycles. The molecule has 0 unspecified atom stereocenters. The van der Waals surface area contributed by atoms with Gasteiger partial charge in [0, 0.05) is 30.3 Å². The average Bonchev–Trinajstić information content (AvgIpc) is 2.70. The van der Waals surface area contributed by atoms with E-state index in [4.69, 9.17) is 4.74 Å². The Hall–Kier alpha value is -3.41. The van der Waals surface area contributed by atoms with Crippen molar-refractivity contribution in [3.63, 3.8) is 0 Å². The lowest BCUT2D eigenvalue weighted by atomic mass is 10.2. The van der Waals surface area contributed by atoms with Crippen LogP contribution in [-0.2, 0) is 14.8 Å². The lowest BCUT2D eigenvalue weighted by molar-refractivity contribution is -0.114. The maximum atomic E-state index is 12.2. The quantitative estimate of drug-likeness (QED) is 0.610. The molecule has 0 aliphatic rings. The first-order valence-electron chi connectivity index (χ1n) is 8.75. The number of benzene rings is 2. The van der Waals surface area contributed by atoms with E-state index in [-0.39, 0.29) is 24.0 Å². The van der Waals surface area contributed by atoms with Gasteiger partial charge >= 0.3 is 0 Å². The van der Waals surface area contributed by atoms with Gasteiger partial charge in [-0.15, -0.1) is 0 Å². The van der Waals surface area contributed by atoms with Crippen molar-refractivity contribution < 1.29 is 17.9 Å². The van der Waals surface area contributed by atoms with Crippen LogP contribution in [0.4, 0.5) is 5.69 Å². The number of anilines is 1. The van der Waals surface area contributed by atoms with Crippen molar-refractivity contribution in [1.82, 2.24) is 9.71 Å². The van der Waals surface area contributed by atoms with Gasteiger partial charge in [0.1, 0.15) is 12.4 Å². The minimum atomic E-state index is -3.68. The number of sulfonamides is 1. The highest BCUT2D eigenvalue weighted by Crippen LogP contribution is 2.18. The number of hydrogen-bond acceptors (Lipinski definition) is 5. The highest BCUT2D eigenvalue weighted by atomic mass is 32.2. The van der Waals surface area contributed by atoms with Crippen LogP contribution in [0.15, 0.2) is 65.7 Å². The van der Waals surface area contributed by atoms with Gasteiger partial charge in [-0.05, 0) is 42.5 Å². The van der Waals surface area contributed by atoms with Crippen LogP contribution in [0.3, 0.4) is 0 Å². The second-order valence-corrected chi connectivity index (χ2v) is 7.80. The fraction of sp³-hybridized carbons (Fsp3) is 0.143. The zero-order valence-corrected chi connectivity index (χ0v) is 16.5. The fourth-order valence-electron chi connectivity index (χ4n) is 2.50. The van der Waals surface area contributed by atoms with Crippen molar-refractivity contribution in [3.8, 4) is 17.6 Å². The van der Waals surface area contributed by atoms with E-state index in [0.29, 0.717) is 11.4 Å². The summed E-state index contributed by atoms with van der Waals surface area (Å²) in [6.45, 7) is 1.47. The number of nitrogens with one attached hydrogen (secondary N) is 2. The predicted octanol–water partition coefficient (Wildman–Crippen LogP) is 2.55. The molecule has 29 heavy (non-hydrogen) atoms. The number of aromatic nitrogens is 1. The maximum absolute atomic E-state index is 12.2. The van der Waals surface area contributed by atoms with Crippen molar-refractivity contribution in [2.45, 2.75) is 11.8 Å². The number of hydrogen-bond donors (Lipinski definition) is 2. The van der Waals surface area contributed by atoms with Crippen molar-refractivity contribution in [1.29, 1.82) is 0 Å². The summed E-state index contributed by atoms with van der Waals surface area (Å²) in [6.07, 6.45) is 1.71. The van der Waals surface area contributed by atoms with Gasteiger partial charge in [-0.25, -0.2) is 8.42 Å². The number of pyridine rings is 1. The molecule has 1 amide bonds. The standard InChI is InChI=1S/C21H19N3O4S/c1-16(25)24-18-7-10-20(11-8-18)29(26,27)23-13-2-3-14-28-19-9-6-17-5-4-12-22-21(17)15-19/h4-12,15,23H,13-14H2,1H3,(H,24,25). The fourth-order valence-corrected chi connectivity index (χ4v) is 3.43. The third kappa shape index (κ3) is 5.78. The second kappa shape index (κ2) is 9.19. The predicted molar refractivity (Wildman–Crippen MR) is 111 cm³/mol. The monoisotopic (exact) mass is 409 g/mol. The molecule has 2 N–H and O–H groups in total. The molecule has 0 aliphatic carbocycles. The van der Waals surface area contributed by atoms with E-state index in [2.05, 4.69) is 26.9 Å². The Labute approximate surface area is 169 Å². The van der Waals surface area contributed by atoms with Gasteiger partial charge in [-0.3, -0.25) is 9.78 Å². The van der Waals surface area contributed by atoms with Crippen LogP contribution in [0.1, 0.15) is 6.92 Å². The summed E-state index contributed by atoms with van der Waals surface area (Å²) in [5.41, 5.74) is 1.35. The SMILES string of the molecule is CC(=O)Nc1ccc(S(=O)(=O)NCC#CCOc2ccc3cccnc3c2)cc1. The molecular formula is C21H19N3O4S. The van der Waals surface area contributed by atoms with Gasteiger partial charge in [-0.2, -0.15) is 4.72 Å². The van der Waals surface area contributed by atoms with Gasteiger partial charge in [0.2, 0.25) is 15.9 Å². The molecular weight excluding hydrogens is 390 g/mol. The molecule has 2 aromatic carbocycles. The minimum absolute atomic E-state index is 0.0432. The first-order valence-corrected chi connectivity index (χ1v) is 10.2. The normalized spacial score (nSPS) is 10.8. The summed E-state index contributed by atoms with van der Waals surface area (Å²) in [5.74, 6) is 5.91. The molecule has 0 saturated heterocycles. The van der Waals surface area contributed by atoms with Gasteiger partial charge < -0.3 is 10.1 Å². The molecule has 1 aromatic heterocycles. The Bertz CT molecular complexity index is 1180. The highest BCUT2D eigenvalue weighted by molar-refractivity contribution is 7.89. The van der Waals surface area contributed by atoms with E-state index in [1.165, 1.54) is 31.2 Å². The summed E-state index contributed by atoms with van der Waals surface area (Å²) in [7, 11) is -3.68. The Morgan fingerprint density at radius 2 is 1.90 bits per heavy atom. The Morgan fingerprint density at radius 1 is 1.10 bits per heavy atom. The zero-order valence-electron chi connectivity index (χ0n) is 15.7. The summed E-state index contributed by atoms with van der Waals surface area (Å²) in [6, 6.07) is 15.3. The molecule has 7 nitrogen and oxygen atoms in total. The van der Waals surface area contributed by atoms with Crippen molar-refractivity contribution in [3.05, 3.63) is 60.8 Å². The van der Waals surface area contributed by atoms with E-state index in [1.807, 2.05) is 30.3 Å². The van der Waals surface area contributed by atoms with Crippen molar-refractivity contribution in [2.24, 2.45) is 0 Å². The number of carbonyl (C=O) groups is 1. The first-order chi connectivity index (χ1) is 13.9. The van der Waals surface area contributed by atoms with Crippen LogP contribution < -0.4 is 14.8 Å². The molecule has 0 spiro atoms. The van der Waals surface area contributed by atoms with E-state index < -0.39 is 10.0 Å². The van der Waals surface area contributed by atoms with Gasteiger partial charge in [-0.1, -0.05) is 17.9 Å². The lowest BCUT2D eigenvalue weighted by Gasteiger charge is -2.06. The maximum Gasteiger partial charge on any atom is 0.241 e. The highest BCUT2D eigenvalue weighted by Gasteiger charge is 2.12. The molecule has 1 heterocycles. The largest absolute Gasteiger partial charge is 0.481 e. The summed E-state index contributed by atoms with van der Waals surface area (Å²) >= 11 is 0. The van der Waals surface area contributed by atoms with Gasteiger partial charge in [0.05, 0.1) is 17.0 Å². The average molecular weight is 409 g/mol. The smallest absolute Gasteiger partial charge is 0.241 e. The van der Waals surface area contributed by atoms with Crippen LogP contribution in [0.2, 0.25) is 0 Å². The van der Waals surface area contributed by atoms with Crippen LogP contribution in [-0.4, -0.2) is 32.5 Å². The van der Waals surface area contributed by atoms with Crippen LogP contribution in [0, 0.1) is 11.8 Å². The molecule has 0 atom stereocenters. The van der Waals surface area contributed by atoms with Crippen LogP contribution in [0.25, 0.3) is 10.9 Å². The third-order valence-electron chi connectivity index (χ3n) is 3.85. The van der Waals surface area contributed by atoms with E-state index >= 15 is 0 Å². The first kappa shape index (κ1) is 20.3. The number of rotatable bonds is 6. The molecule has 0 bridgehead atoms. The number of amides is 1. The third-order valence-corrected chi connectivity index (χ3v) is 5.27. The molecule has 8 heteroatoms. The van der Waals surface area contributed by atoms with Crippen molar-refractivity contribution >= 4 is 32.5 Å². The molecule has 0 radical (unpaired) electrons. The van der Waals surface area contributed by atoms with Crippen LogP contribution in [0.5, 0.6) is 5.75 Å². The van der Waals surface area contributed by atoms with E-state index in [9.17, 15) is 13.2 Å². The zero-order chi connectivity index (χ0) is 20.7. The Kier molecular flexibility index (Phi) is 6.44. The topological polar surface area (TPSA) is 97.4 Å². The second-order valence-electron chi connectivity index (χ2n) is 6.03. The van der Waals surface area contributed by atoms with Gasteiger partial charge in [0.25, 0.3) is 0 Å². The minimum Gasteiger partial charge on any atom is -0.481 e. The Balaban J connectivity index is 1.50. The number of carbonyl (C=O) groups excluding carboxylic acids is 1. The van der Waals surface area contributed by atoms with E-state index in [1.54, 1.807) is 6.20 Å². The summed E-state index contributed by atoms with van der Waals surface area (Å²) in [5, 5.41) is 3.60. The number of nitrogens with zero attached hydrogens (tertiary/aromatic N) is 1. The van der Waals surface area contributed by atoms with Crippen molar-refractivity contribution in [2.75, 3.05) is 18.5 Å². The van der Waals surface area contributed by atoms with Gasteiger partial charge in [0.15, 0.2) is 0 Å². The number of ether oxygens (including phenoxy) is 1.